The predicted molar refractivity (Wildman–Crippen MR) is 78.0 cm³/mol. The predicted octanol–water partition coefficient (Wildman–Crippen LogP) is 2.02. The van der Waals surface area contributed by atoms with Crippen LogP contribution in [0.25, 0.3) is 0 Å². The lowest BCUT2D eigenvalue weighted by Crippen LogP contribution is -2.43. The summed E-state index contributed by atoms with van der Waals surface area (Å²) in [6, 6.07) is 6.11. The molecule has 3 N–H and O–H groups in total. The Hall–Kier alpha value is -1.26. The summed E-state index contributed by atoms with van der Waals surface area (Å²) >= 11 is 5.91. The molecule has 0 aromatic heterocycles. The minimum Gasteiger partial charge on any atom is -0.398 e. The van der Waals surface area contributed by atoms with E-state index in [0.717, 1.165) is 32.5 Å². The van der Waals surface area contributed by atoms with Crippen LogP contribution in [0.4, 0.5) is 5.69 Å². The molecule has 1 fully saturated rings. The molecule has 0 atom stereocenters. The van der Waals surface area contributed by atoms with Gasteiger partial charge in [0.1, 0.15) is 0 Å². The maximum atomic E-state index is 11.0. The summed E-state index contributed by atoms with van der Waals surface area (Å²) in [6.45, 7) is 4.44. The molecular formula is C14H20ClN3O. The molecule has 1 saturated heterocycles. The quantitative estimate of drug-likeness (QED) is 0.834. The second-order valence-electron chi connectivity index (χ2n) is 5.11. The molecule has 1 aromatic rings. The maximum absolute atomic E-state index is 11.0. The van der Waals surface area contributed by atoms with Crippen LogP contribution in [-0.2, 0) is 11.3 Å². The van der Waals surface area contributed by atoms with E-state index in [9.17, 15) is 4.79 Å². The number of carbonyl (C=O) groups excluding carboxylic acids is 1. The van der Waals surface area contributed by atoms with Crippen LogP contribution in [0.5, 0.6) is 0 Å². The van der Waals surface area contributed by atoms with Gasteiger partial charge < -0.3 is 11.1 Å². The van der Waals surface area contributed by atoms with E-state index in [4.69, 9.17) is 17.3 Å². The summed E-state index contributed by atoms with van der Waals surface area (Å²) < 4.78 is 0. The van der Waals surface area contributed by atoms with Gasteiger partial charge in [-0.3, -0.25) is 9.69 Å². The fourth-order valence-electron chi connectivity index (χ4n) is 2.47. The normalized spacial score (nSPS) is 17.4. The Bertz CT molecular complexity index is 456. The molecule has 0 radical (unpaired) electrons. The highest BCUT2D eigenvalue weighted by Gasteiger charge is 2.19. The second-order valence-corrected chi connectivity index (χ2v) is 5.51. The molecule has 0 spiro atoms. The van der Waals surface area contributed by atoms with Gasteiger partial charge in [0.2, 0.25) is 5.91 Å². The number of carbonyl (C=O) groups is 1. The van der Waals surface area contributed by atoms with Crippen molar-refractivity contribution in [3.63, 3.8) is 0 Å². The zero-order valence-corrected chi connectivity index (χ0v) is 11.9. The van der Waals surface area contributed by atoms with E-state index in [1.807, 2.05) is 18.2 Å². The molecule has 1 heterocycles. The van der Waals surface area contributed by atoms with Crippen molar-refractivity contribution in [2.75, 3.05) is 18.8 Å². The number of amides is 1. The first-order valence-corrected chi connectivity index (χ1v) is 6.96. The Balaban J connectivity index is 1.85. The van der Waals surface area contributed by atoms with Gasteiger partial charge in [-0.15, -0.1) is 0 Å². The van der Waals surface area contributed by atoms with Gasteiger partial charge in [-0.1, -0.05) is 17.7 Å². The van der Waals surface area contributed by atoms with Crippen molar-refractivity contribution < 1.29 is 4.79 Å². The van der Waals surface area contributed by atoms with Gasteiger partial charge in [0.25, 0.3) is 0 Å². The molecule has 1 aliphatic heterocycles. The fraction of sp³-hybridized carbons (Fsp3) is 0.500. The first-order chi connectivity index (χ1) is 9.04. The smallest absolute Gasteiger partial charge is 0.217 e. The van der Waals surface area contributed by atoms with Crippen molar-refractivity contribution in [2.45, 2.75) is 32.4 Å². The number of benzene rings is 1. The van der Waals surface area contributed by atoms with Gasteiger partial charge in [-0.2, -0.15) is 0 Å². The minimum atomic E-state index is 0.0592. The van der Waals surface area contributed by atoms with E-state index in [0.29, 0.717) is 16.8 Å². The monoisotopic (exact) mass is 281 g/mol. The number of nitrogens with two attached hydrogens (primary N) is 1. The molecule has 104 valence electrons. The van der Waals surface area contributed by atoms with E-state index in [2.05, 4.69) is 10.2 Å². The molecular weight excluding hydrogens is 262 g/mol. The van der Waals surface area contributed by atoms with Crippen LogP contribution in [0.1, 0.15) is 25.3 Å². The van der Waals surface area contributed by atoms with E-state index in [1.165, 1.54) is 5.56 Å². The van der Waals surface area contributed by atoms with Crippen molar-refractivity contribution in [1.82, 2.24) is 10.2 Å². The number of rotatable bonds is 3. The van der Waals surface area contributed by atoms with Crippen molar-refractivity contribution in [3.8, 4) is 0 Å². The molecule has 1 aromatic carbocycles. The molecule has 5 heteroatoms. The van der Waals surface area contributed by atoms with Crippen molar-refractivity contribution >= 4 is 23.2 Å². The van der Waals surface area contributed by atoms with Crippen LogP contribution in [0.2, 0.25) is 5.02 Å². The number of anilines is 1. The van der Waals surface area contributed by atoms with Crippen molar-refractivity contribution in [1.29, 1.82) is 0 Å². The molecule has 0 bridgehead atoms. The molecule has 1 aliphatic rings. The number of likely N-dealkylation sites (tertiary alicyclic amines) is 1. The Morgan fingerprint density at radius 1 is 1.47 bits per heavy atom. The number of nitrogens with one attached hydrogen (secondary N) is 1. The first kappa shape index (κ1) is 14.2. The molecule has 0 unspecified atom stereocenters. The standard InChI is InChI=1S/C14H20ClN3O/c1-10(19)17-12-4-6-18(7-5-12)9-11-2-3-13(15)14(16)8-11/h2-3,8,12H,4-7,9,16H2,1H3,(H,17,19). The third kappa shape index (κ3) is 4.11. The zero-order valence-electron chi connectivity index (χ0n) is 11.2. The molecule has 4 nitrogen and oxygen atoms in total. The minimum absolute atomic E-state index is 0.0592. The summed E-state index contributed by atoms with van der Waals surface area (Å²) in [5.74, 6) is 0.0592. The summed E-state index contributed by atoms with van der Waals surface area (Å²) in [4.78, 5) is 13.4. The molecule has 1 amide bonds. The van der Waals surface area contributed by atoms with Gasteiger partial charge in [-0.05, 0) is 30.5 Å². The van der Waals surface area contributed by atoms with Gasteiger partial charge in [0.15, 0.2) is 0 Å². The summed E-state index contributed by atoms with van der Waals surface area (Å²) in [5, 5.41) is 3.58. The summed E-state index contributed by atoms with van der Waals surface area (Å²) in [7, 11) is 0. The Kier molecular flexibility index (Phi) is 4.66. The lowest BCUT2D eigenvalue weighted by atomic mass is 10.0. The highest BCUT2D eigenvalue weighted by Crippen LogP contribution is 2.21. The Labute approximate surface area is 118 Å². The lowest BCUT2D eigenvalue weighted by Gasteiger charge is -2.32. The van der Waals surface area contributed by atoms with E-state index in [-0.39, 0.29) is 5.91 Å². The largest absolute Gasteiger partial charge is 0.398 e. The number of piperidine rings is 1. The summed E-state index contributed by atoms with van der Waals surface area (Å²) in [6.07, 6.45) is 2.01. The molecule has 0 saturated carbocycles. The third-order valence-corrected chi connectivity index (χ3v) is 3.81. The third-order valence-electron chi connectivity index (χ3n) is 3.46. The molecule has 0 aliphatic carbocycles. The highest BCUT2D eigenvalue weighted by atomic mass is 35.5. The average molecular weight is 282 g/mol. The fourth-order valence-corrected chi connectivity index (χ4v) is 2.59. The Morgan fingerprint density at radius 2 is 2.16 bits per heavy atom. The SMILES string of the molecule is CC(=O)NC1CCN(Cc2ccc(Cl)c(N)c2)CC1. The maximum Gasteiger partial charge on any atom is 0.217 e. The van der Waals surface area contributed by atoms with Crippen LogP contribution in [0.15, 0.2) is 18.2 Å². The van der Waals surface area contributed by atoms with E-state index < -0.39 is 0 Å². The number of halogens is 1. The molecule has 19 heavy (non-hydrogen) atoms. The van der Waals surface area contributed by atoms with Gasteiger partial charge in [-0.25, -0.2) is 0 Å². The topological polar surface area (TPSA) is 58.4 Å². The zero-order chi connectivity index (χ0) is 13.8. The van der Waals surface area contributed by atoms with Gasteiger partial charge in [0, 0.05) is 32.6 Å². The highest BCUT2D eigenvalue weighted by molar-refractivity contribution is 6.33. The van der Waals surface area contributed by atoms with Gasteiger partial charge in [0.05, 0.1) is 10.7 Å². The van der Waals surface area contributed by atoms with Crippen LogP contribution >= 0.6 is 11.6 Å². The number of hydrogen-bond donors (Lipinski definition) is 2. The van der Waals surface area contributed by atoms with E-state index >= 15 is 0 Å². The number of nitrogen functional groups attached to an aromatic ring is 1. The number of nitrogens with zero attached hydrogens (tertiary/aromatic N) is 1. The molecule has 2 rings (SSSR count). The number of hydrogen-bond acceptors (Lipinski definition) is 3. The van der Waals surface area contributed by atoms with Crippen LogP contribution in [-0.4, -0.2) is 29.9 Å². The van der Waals surface area contributed by atoms with Crippen molar-refractivity contribution in [2.24, 2.45) is 0 Å². The van der Waals surface area contributed by atoms with Crippen molar-refractivity contribution in [3.05, 3.63) is 28.8 Å². The first-order valence-electron chi connectivity index (χ1n) is 6.58. The van der Waals surface area contributed by atoms with Crippen LogP contribution in [0, 0.1) is 0 Å². The van der Waals surface area contributed by atoms with Gasteiger partial charge >= 0.3 is 0 Å². The van der Waals surface area contributed by atoms with E-state index in [1.54, 1.807) is 6.92 Å². The Morgan fingerprint density at radius 3 is 2.74 bits per heavy atom. The average Bonchev–Trinajstić information content (AvgIpc) is 2.36. The second kappa shape index (κ2) is 6.26. The summed E-state index contributed by atoms with van der Waals surface area (Å²) in [5.41, 5.74) is 7.62. The lowest BCUT2D eigenvalue weighted by molar-refractivity contribution is -0.119. The van der Waals surface area contributed by atoms with Crippen LogP contribution < -0.4 is 11.1 Å². The van der Waals surface area contributed by atoms with Crippen LogP contribution in [0.3, 0.4) is 0 Å².